The van der Waals surface area contributed by atoms with Crippen molar-refractivity contribution >= 4 is 0 Å². The normalized spacial score (nSPS) is 12.2. The van der Waals surface area contributed by atoms with Crippen LogP contribution in [-0.2, 0) is 49.1 Å². The second kappa shape index (κ2) is 28.1. The van der Waals surface area contributed by atoms with Crippen LogP contribution in [0.15, 0.2) is 24.3 Å². The molecule has 0 spiro atoms. The van der Waals surface area contributed by atoms with E-state index in [9.17, 15) is 0 Å². The minimum atomic E-state index is -0.541. The van der Waals surface area contributed by atoms with Crippen molar-refractivity contribution in [3.63, 3.8) is 0 Å². The maximum atomic E-state index is 5.94. The number of benzene rings is 1. The van der Waals surface area contributed by atoms with Crippen LogP contribution in [0, 0.1) is 0 Å². The molecule has 1 unspecified atom stereocenters. The van der Waals surface area contributed by atoms with Gasteiger partial charge in [-0.3, -0.25) is 5.73 Å². The van der Waals surface area contributed by atoms with E-state index in [1.165, 1.54) is 5.56 Å². The minimum Gasteiger partial charge on any atom is -0.473 e. The molecule has 0 radical (unpaired) electrons. The van der Waals surface area contributed by atoms with Crippen LogP contribution in [-0.4, -0.2) is 132 Å². The van der Waals surface area contributed by atoms with Gasteiger partial charge in [-0.25, -0.2) is 0 Å². The molecule has 0 heterocycles. The lowest BCUT2D eigenvalue weighted by molar-refractivity contribution is -0.0263. The van der Waals surface area contributed by atoms with E-state index in [4.69, 9.17) is 58.8 Å². The molecule has 4 N–H and O–H groups in total. The highest BCUT2D eigenvalue weighted by Crippen LogP contribution is 2.13. The van der Waals surface area contributed by atoms with Gasteiger partial charge >= 0.3 is 0 Å². The van der Waals surface area contributed by atoms with Crippen LogP contribution >= 0.6 is 0 Å². The molecule has 0 aliphatic heterocycles. The molecule has 39 heavy (non-hydrogen) atoms. The summed E-state index contributed by atoms with van der Waals surface area (Å²) in [4.78, 5) is 0. The lowest BCUT2D eigenvalue weighted by Gasteiger charge is -2.15. The predicted octanol–water partition coefficient (Wildman–Crippen LogP) is 0.631. The highest BCUT2D eigenvalue weighted by atomic mass is 16.6. The van der Waals surface area contributed by atoms with Gasteiger partial charge < -0.3 is 53.1 Å². The van der Waals surface area contributed by atoms with Gasteiger partial charge in [-0.2, -0.15) is 0 Å². The van der Waals surface area contributed by atoms with Crippen LogP contribution in [0.25, 0.3) is 0 Å². The molecule has 1 aromatic rings. The topological polar surface area (TPSA) is 144 Å². The van der Waals surface area contributed by atoms with Crippen LogP contribution in [0.5, 0.6) is 5.75 Å². The molecule has 1 aromatic carbocycles. The minimum absolute atomic E-state index is 0.278. The molecule has 0 saturated heterocycles. The third-order valence-corrected chi connectivity index (χ3v) is 4.96. The first kappa shape index (κ1) is 35.6. The number of nitrogens with two attached hydrogens (primary N) is 2. The monoisotopic (exact) mass is 562 g/mol. The molecule has 0 fully saturated rings. The highest BCUT2D eigenvalue weighted by molar-refractivity contribution is 5.27. The summed E-state index contributed by atoms with van der Waals surface area (Å²) >= 11 is 0. The van der Waals surface area contributed by atoms with Gasteiger partial charge in [0.1, 0.15) is 5.75 Å². The molecular weight excluding hydrogens is 512 g/mol. The second-order valence-corrected chi connectivity index (χ2v) is 8.19. The summed E-state index contributed by atoms with van der Waals surface area (Å²) in [6.45, 7) is 9.16. The summed E-state index contributed by atoms with van der Waals surface area (Å²) in [6.07, 6.45) is 0.299. The predicted molar refractivity (Wildman–Crippen MR) is 146 cm³/mol. The van der Waals surface area contributed by atoms with Crippen LogP contribution < -0.4 is 16.2 Å². The zero-order valence-corrected chi connectivity index (χ0v) is 23.6. The Hall–Kier alpha value is -1.42. The molecule has 0 amide bonds. The molecule has 0 aliphatic carbocycles. The van der Waals surface area contributed by atoms with Crippen molar-refractivity contribution < 1.29 is 47.4 Å². The maximum Gasteiger partial charge on any atom is 0.171 e. The van der Waals surface area contributed by atoms with E-state index < -0.39 is 6.23 Å². The molecule has 0 aliphatic rings. The Morgan fingerprint density at radius 3 is 1.26 bits per heavy atom. The van der Waals surface area contributed by atoms with Gasteiger partial charge in [0, 0.05) is 7.11 Å². The Morgan fingerprint density at radius 1 is 0.538 bits per heavy atom. The van der Waals surface area contributed by atoms with Crippen molar-refractivity contribution in [2.45, 2.75) is 12.6 Å². The van der Waals surface area contributed by atoms with Crippen molar-refractivity contribution in [2.24, 2.45) is 11.5 Å². The summed E-state index contributed by atoms with van der Waals surface area (Å²) in [5, 5.41) is 0. The van der Waals surface area contributed by atoms with Crippen LogP contribution in [0.4, 0.5) is 0 Å². The van der Waals surface area contributed by atoms with Gasteiger partial charge in [-0.05, 0) is 30.7 Å². The van der Waals surface area contributed by atoms with Crippen LogP contribution in [0.1, 0.15) is 5.56 Å². The Bertz CT molecular complexity index is 627. The first-order valence-electron chi connectivity index (χ1n) is 13.6. The van der Waals surface area contributed by atoms with Crippen LogP contribution in [0.3, 0.4) is 0 Å². The first-order valence-corrected chi connectivity index (χ1v) is 13.6. The average molecular weight is 563 g/mol. The summed E-state index contributed by atoms with van der Waals surface area (Å²) < 4.78 is 54.0. The number of hydrogen-bond acceptors (Lipinski definition) is 12. The van der Waals surface area contributed by atoms with Gasteiger partial charge in [0.05, 0.1) is 112 Å². The standard InChI is InChI=1S/C27H50N2O10/c1-30-8-9-31-10-11-32-12-13-33-14-15-34-16-17-35-18-19-36-20-21-37-22-23-38-24-27(29)39-26-4-2-25(3-5-26)6-7-28/h2-5,27H,6-24,28-29H2,1H3. The van der Waals surface area contributed by atoms with Crippen molar-refractivity contribution in [2.75, 3.05) is 126 Å². The summed E-state index contributed by atoms with van der Waals surface area (Å²) in [5.41, 5.74) is 12.7. The molecule has 228 valence electrons. The SMILES string of the molecule is COCCOCCOCCOCCOCCOCCOCCOCCOCC(N)Oc1ccc(CCN)cc1. The third kappa shape index (κ3) is 24.1. The smallest absolute Gasteiger partial charge is 0.171 e. The lowest BCUT2D eigenvalue weighted by Crippen LogP contribution is -2.33. The van der Waals surface area contributed by atoms with Crippen LogP contribution in [0.2, 0.25) is 0 Å². The molecule has 12 heteroatoms. The zero-order valence-electron chi connectivity index (χ0n) is 23.6. The Balaban J connectivity index is 1.72. The second-order valence-electron chi connectivity index (χ2n) is 8.19. The van der Waals surface area contributed by atoms with Gasteiger partial charge in [0.15, 0.2) is 6.23 Å². The molecule has 0 bridgehead atoms. The summed E-state index contributed by atoms with van der Waals surface area (Å²) in [6, 6.07) is 7.73. The maximum absolute atomic E-state index is 5.94. The number of hydrogen-bond donors (Lipinski definition) is 2. The first-order chi connectivity index (χ1) is 19.3. The number of ether oxygens (including phenoxy) is 10. The third-order valence-electron chi connectivity index (χ3n) is 4.96. The van der Waals surface area contributed by atoms with E-state index >= 15 is 0 Å². The summed E-state index contributed by atoms with van der Waals surface area (Å²) in [7, 11) is 1.64. The molecule has 12 nitrogen and oxygen atoms in total. The largest absolute Gasteiger partial charge is 0.473 e. The molecule has 1 rings (SSSR count). The van der Waals surface area contributed by atoms with E-state index in [0.29, 0.717) is 118 Å². The van der Waals surface area contributed by atoms with E-state index in [1.807, 2.05) is 24.3 Å². The van der Waals surface area contributed by atoms with E-state index in [2.05, 4.69) is 0 Å². The Kier molecular flexibility index (Phi) is 25.7. The number of methoxy groups -OCH3 is 1. The van der Waals surface area contributed by atoms with E-state index in [-0.39, 0.29) is 6.61 Å². The quantitative estimate of drug-likeness (QED) is 0.100. The van der Waals surface area contributed by atoms with Crippen molar-refractivity contribution in [1.82, 2.24) is 0 Å². The van der Waals surface area contributed by atoms with Crippen molar-refractivity contribution in [3.8, 4) is 5.75 Å². The van der Waals surface area contributed by atoms with E-state index in [0.717, 1.165) is 6.42 Å². The van der Waals surface area contributed by atoms with Crippen molar-refractivity contribution in [3.05, 3.63) is 29.8 Å². The molecule has 1 atom stereocenters. The summed E-state index contributed by atoms with van der Waals surface area (Å²) in [5.74, 6) is 0.705. The van der Waals surface area contributed by atoms with Crippen molar-refractivity contribution in [1.29, 1.82) is 0 Å². The van der Waals surface area contributed by atoms with Gasteiger partial charge in [0.25, 0.3) is 0 Å². The number of rotatable bonds is 30. The van der Waals surface area contributed by atoms with Gasteiger partial charge in [-0.1, -0.05) is 12.1 Å². The Labute approximate surface area is 233 Å². The Morgan fingerprint density at radius 2 is 0.897 bits per heavy atom. The fourth-order valence-corrected chi connectivity index (χ4v) is 2.99. The fraction of sp³-hybridized carbons (Fsp3) is 0.778. The lowest BCUT2D eigenvalue weighted by atomic mass is 10.1. The fourth-order valence-electron chi connectivity index (χ4n) is 2.99. The zero-order chi connectivity index (χ0) is 28.1. The van der Waals surface area contributed by atoms with E-state index in [1.54, 1.807) is 7.11 Å². The highest BCUT2D eigenvalue weighted by Gasteiger charge is 2.05. The molecule has 0 aromatic heterocycles. The van der Waals surface area contributed by atoms with Gasteiger partial charge in [0.2, 0.25) is 0 Å². The molecular formula is C27H50N2O10. The molecule has 0 saturated carbocycles. The average Bonchev–Trinajstić information content (AvgIpc) is 2.94. The van der Waals surface area contributed by atoms with Gasteiger partial charge in [-0.15, -0.1) is 0 Å².